The van der Waals surface area contributed by atoms with Crippen molar-refractivity contribution >= 4 is 42.5 Å². The van der Waals surface area contributed by atoms with E-state index in [1.165, 1.54) is 0 Å². The van der Waals surface area contributed by atoms with Gasteiger partial charge in [-0.3, -0.25) is 9.78 Å². The normalized spacial score (nSPS) is 16.9. The number of alkyl carbamates (subject to hydrolysis) is 1. The number of hydrogen-bond acceptors (Lipinski definition) is 6. The third kappa shape index (κ3) is 8.56. The summed E-state index contributed by atoms with van der Waals surface area (Å²) in [4.78, 5) is 34.2. The van der Waals surface area contributed by atoms with E-state index in [4.69, 9.17) is 4.74 Å². The number of piperidine rings is 1. The maximum Gasteiger partial charge on any atom is 0.408 e. The highest BCUT2D eigenvalue weighted by atomic mass is 35.5. The average Bonchev–Trinajstić information content (AvgIpc) is 2.88. The zero-order valence-corrected chi connectivity index (χ0v) is 21.4. The van der Waals surface area contributed by atoms with Gasteiger partial charge in [-0.05, 0) is 56.0 Å². The lowest BCUT2D eigenvalue weighted by Crippen LogP contribution is -2.55. The molecule has 192 valence electrons. The van der Waals surface area contributed by atoms with E-state index in [0.717, 1.165) is 50.3 Å². The molecule has 1 aromatic carbocycles. The summed E-state index contributed by atoms with van der Waals surface area (Å²) in [5.41, 5.74) is 2.03. The highest BCUT2D eigenvalue weighted by Crippen LogP contribution is 2.21. The van der Waals surface area contributed by atoms with Crippen LogP contribution in [0.1, 0.15) is 24.8 Å². The molecule has 0 saturated carbocycles. The second-order valence-corrected chi connectivity index (χ2v) is 8.71. The Morgan fingerprint density at radius 3 is 2.31 bits per heavy atom. The number of carbonyl (C=O) groups excluding carboxylic acids is 2. The molecule has 2 amide bonds. The van der Waals surface area contributed by atoms with Crippen LogP contribution in [0.3, 0.4) is 0 Å². The van der Waals surface area contributed by atoms with Crippen LogP contribution in [0.15, 0.2) is 54.9 Å². The molecule has 2 N–H and O–H groups in total. The van der Waals surface area contributed by atoms with Gasteiger partial charge in [0.15, 0.2) is 0 Å². The molecule has 2 aromatic rings. The van der Waals surface area contributed by atoms with Gasteiger partial charge in [0.05, 0.1) is 0 Å². The standard InChI is InChI=1S/C25H33N5O3.2ClH/c31-24(30-16-14-29(15-17-30)22-8-12-27-13-9-22)23(18-20-6-10-26-11-7-20)28-25(32)33-19-21-4-2-1-3-5-21;;/h1-5,8-9,12-13,20,23,26H,6-7,10-11,14-19H2,(H,28,32);2*1H/t23-;;/m0../s1. The van der Waals surface area contributed by atoms with E-state index in [1.54, 1.807) is 12.4 Å². The fourth-order valence-corrected chi connectivity index (χ4v) is 4.54. The first-order valence-electron chi connectivity index (χ1n) is 11.8. The molecule has 4 rings (SSSR count). The van der Waals surface area contributed by atoms with Crippen LogP contribution in [0, 0.1) is 5.92 Å². The van der Waals surface area contributed by atoms with Crippen LogP contribution in [0.4, 0.5) is 10.5 Å². The van der Waals surface area contributed by atoms with Crippen molar-refractivity contribution in [3.63, 3.8) is 0 Å². The Balaban J connectivity index is 0.00000216. The van der Waals surface area contributed by atoms with E-state index in [1.807, 2.05) is 47.4 Å². The van der Waals surface area contributed by atoms with Crippen molar-refractivity contribution in [3.05, 3.63) is 60.4 Å². The highest BCUT2D eigenvalue weighted by Gasteiger charge is 2.31. The van der Waals surface area contributed by atoms with Crippen molar-refractivity contribution in [3.8, 4) is 0 Å². The molecule has 0 spiro atoms. The summed E-state index contributed by atoms with van der Waals surface area (Å²) < 4.78 is 5.41. The summed E-state index contributed by atoms with van der Waals surface area (Å²) in [6.07, 6.45) is 5.70. The third-order valence-electron chi connectivity index (χ3n) is 6.45. The number of anilines is 1. The predicted octanol–water partition coefficient (Wildman–Crippen LogP) is 3.26. The van der Waals surface area contributed by atoms with E-state index in [-0.39, 0.29) is 37.3 Å². The Morgan fingerprint density at radius 1 is 1.00 bits per heavy atom. The van der Waals surface area contributed by atoms with Gasteiger partial charge in [-0.15, -0.1) is 24.8 Å². The maximum absolute atomic E-state index is 13.4. The summed E-state index contributed by atoms with van der Waals surface area (Å²) in [6, 6.07) is 13.0. The number of ether oxygens (including phenoxy) is 1. The van der Waals surface area contributed by atoms with E-state index >= 15 is 0 Å². The zero-order chi connectivity index (χ0) is 22.9. The van der Waals surface area contributed by atoms with Crippen molar-refractivity contribution in [2.24, 2.45) is 5.92 Å². The zero-order valence-electron chi connectivity index (χ0n) is 19.8. The number of benzene rings is 1. The molecular formula is C25H35Cl2N5O3. The number of amides is 2. The molecular weight excluding hydrogens is 489 g/mol. The Kier molecular flexibility index (Phi) is 12.1. The molecule has 3 heterocycles. The van der Waals surface area contributed by atoms with Gasteiger partial charge in [0, 0.05) is 44.3 Å². The van der Waals surface area contributed by atoms with Crippen molar-refractivity contribution in [1.29, 1.82) is 0 Å². The van der Waals surface area contributed by atoms with E-state index < -0.39 is 12.1 Å². The summed E-state index contributed by atoms with van der Waals surface area (Å²) in [5.74, 6) is 0.396. The molecule has 10 heteroatoms. The minimum Gasteiger partial charge on any atom is -0.445 e. The van der Waals surface area contributed by atoms with E-state index in [0.29, 0.717) is 25.4 Å². The quantitative estimate of drug-likeness (QED) is 0.579. The number of halogens is 2. The lowest BCUT2D eigenvalue weighted by Gasteiger charge is -2.38. The predicted molar refractivity (Wildman–Crippen MR) is 141 cm³/mol. The molecule has 2 aliphatic rings. The summed E-state index contributed by atoms with van der Waals surface area (Å²) in [6.45, 7) is 4.87. The number of pyridine rings is 1. The van der Waals surface area contributed by atoms with Gasteiger partial charge in [-0.2, -0.15) is 0 Å². The van der Waals surface area contributed by atoms with Crippen LogP contribution in [-0.2, 0) is 16.1 Å². The third-order valence-corrected chi connectivity index (χ3v) is 6.45. The summed E-state index contributed by atoms with van der Waals surface area (Å²) >= 11 is 0. The second-order valence-electron chi connectivity index (χ2n) is 8.71. The Hall–Kier alpha value is -2.55. The fraction of sp³-hybridized carbons (Fsp3) is 0.480. The van der Waals surface area contributed by atoms with Gasteiger partial charge < -0.3 is 25.2 Å². The lowest BCUT2D eigenvalue weighted by atomic mass is 9.90. The Morgan fingerprint density at radius 2 is 1.66 bits per heavy atom. The Labute approximate surface area is 219 Å². The number of piperazine rings is 1. The van der Waals surface area contributed by atoms with Gasteiger partial charge in [-0.1, -0.05) is 30.3 Å². The van der Waals surface area contributed by atoms with Crippen molar-refractivity contribution in [1.82, 2.24) is 20.5 Å². The number of aromatic nitrogens is 1. The molecule has 2 saturated heterocycles. The number of nitrogens with one attached hydrogen (secondary N) is 2. The molecule has 1 atom stereocenters. The van der Waals surface area contributed by atoms with Crippen LogP contribution in [0.5, 0.6) is 0 Å². The molecule has 2 fully saturated rings. The van der Waals surface area contributed by atoms with Gasteiger partial charge in [-0.25, -0.2) is 4.79 Å². The summed E-state index contributed by atoms with van der Waals surface area (Å²) in [5, 5.41) is 6.24. The van der Waals surface area contributed by atoms with Crippen LogP contribution >= 0.6 is 24.8 Å². The van der Waals surface area contributed by atoms with Crippen LogP contribution in [-0.4, -0.2) is 67.2 Å². The van der Waals surface area contributed by atoms with E-state index in [2.05, 4.69) is 20.5 Å². The van der Waals surface area contributed by atoms with Crippen LogP contribution < -0.4 is 15.5 Å². The highest BCUT2D eigenvalue weighted by molar-refractivity contribution is 5.86. The first-order valence-corrected chi connectivity index (χ1v) is 11.8. The summed E-state index contributed by atoms with van der Waals surface area (Å²) in [7, 11) is 0. The first kappa shape index (κ1) is 28.7. The average molecular weight is 524 g/mol. The van der Waals surface area contributed by atoms with Crippen LogP contribution in [0.25, 0.3) is 0 Å². The van der Waals surface area contributed by atoms with E-state index in [9.17, 15) is 9.59 Å². The molecule has 0 bridgehead atoms. The molecule has 0 unspecified atom stereocenters. The van der Waals surface area contributed by atoms with Crippen molar-refractivity contribution in [2.45, 2.75) is 31.9 Å². The molecule has 35 heavy (non-hydrogen) atoms. The largest absolute Gasteiger partial charge is 0.445 e. The number of rotatable bonds is 7. The molecule has 0 radical (unpaired) electrons. The van der Waals surface area contributed by atoms with Gasteiger partial charge in [0.2, 0.25) is 5.91 Å². The van der Waals surface area contributed by atoms with Crippen molar-refractivity contribution in [2.75, 3.05) is 44.2 Å². The minimum atomic E-state index is -0.566. The molecule has 1 aromatic heterocycles. The minimum absolute atomic E-state index is 0. The number of carbonyl (C=O) groups is 2. The SMILES string of the molecule is Cl.Cl.O=C(N[C@@H](CC1CCNCC1)C(=O)N1CCN(c2ccncc2)CC1)OCc1ccccc1. The fourth-order valence-electron chi connectivity index (χ4n) is 4.54. The Bertz CT molecular complexity index is 892. The monoisotopic (exact) mass is 523 g/mol. The lowest BCUT2D eigenvalue weighted by molar-refractivity contribution is -0.134. The van der Waals surface area contributed by atoms with Crippen LogP contribution in [0.2, 0.25) is 0 Å². The maximum atomic E-state index is 13.4. The van der Waals surface area contributed by atoms with Crippen molar-refractivity contribution < 1.29 is 14.3 Å². The first-order chi connectivity index (χ1) is 16.2. The second kappa shape index (κ2) is 14.8. The topological polar surface area (TPSA) is 86.8 Å². The van der Waals surface area contributed by atoms with Gasteiger partial charge in [0.1, 0.15) is 12.6 Å². The van der Waals surface area contributed by atoms with Gasteiger partial charge >= 0.3 is 6.09 Å². The molecule has 2 aliphatic heterocycles. The molecule has 8 nitrogen and oxygen atoms in total. The number of nitrogens with zero attached hydrogens (tertiary/aromatic N) is 3. The molecule has 0 aliphatic carbocycles. The number of hydrogen-bond donors (Lipinski definition) is 2. The smallest absolute Gasteiger partial charge is 0.408 e. The van der Waals surface area contributed by atoms with Gasteiger partial charge in [0.25, 0.3) is 0 Å².